The summed E-state index contributed by atoms with van der Waals surface area (Å²) in [6.45, 7) is 4.99. The number of aryl methyl sites for hydroxylation is 2. The highest BCUT2D eigenvalue weighted by Gasteiger charge is 2.02. The molecule has 0 aromatic heterocycles. The molecule has 0 amide bonds. The lowest BCUT2D eigenvalue weighted by molar-refractivity contribution is 0.328. The number of methoxy groups -OCH3 is 1. The van der Waals surface area contributed by atoms with Crippen molar-refractivity contribution < 1.29 is 9.47 Å². The van der Waals surface area contributed by atoms with Gasteiger partial charge in [0, 0.05) is 5.69 Å². The topological polar surface area (TPSA) is 68.9 Å². The normalized spacial score (nSPS) is 10.8. The van der Waals surface area contributed by atoms with E-state index in [1.165, 1.54) is 11.1 Å². The summed E-state index contributed by atoms with van der Waals surface area (Å²) in [7, 11) is 1.57. The first-order chi connectivity index (χ1) is 11.5. The number of nitrogens with zero attached hydrogens (tertiary/aromatic N) is 1. The third kappa shape index (κ3) is 6.99. The third-order valence-corrected chi connectivity index (χ3v) is 3.56. The number of halogens is 2. The van der Waals surface area contributed by atoms with E-state index in [-0.39, 0.29) is 24.0 Å². The van der Waals surface area contributed by atoms with Crippen LogP contribution in [-0.4, -0.2) is 26.2 Å². The third-order valence-electron chi connectivity index (χ3n) is 3.26. The zero-order valence-corrected chi connectivity index (χ0v) is 17.6. The lowest BCUT2D eigenvalue weighted by atomic mass is 10.1. The number of nitrogens with two attached hydrogens (primary N) is 1. The van der Waals surface area contributed by atoms with Gasteiger partial charge in [0.25, 0.3) is 0 Å². The van der Waals surface area contributed by atoms with Gasteiger partial charge in [-0.05, 0) is 55.3 Å². The molecule has 3 N–H and O–H groups in total. The Hall–Kier alpha value is -1.67. The summed E-state index contributed by atoms with van der Waals surface area (Å²) < 4.78 is 10.8. The van der Waals surface area contributed by atoms with Crippen molar-refractivity contribution >= 4 is 47.2 Å². The molecule has 25 heavy (non-hydrogen) atoms. The van der Waals surface area contributed by atoms with Gasteiger partial charge in [-0.1, -0.05) is 17.7 Å². The fourth-order valence-corrected chi connectivity index (χ4v) is 2.54. The molecule has 0 aliphatic heterocycles. The van der Waals surface area contributed by atoms with Crippen LogP contribution in [0.3, 0.4) is 0 Å². The summed E-state index contributed by atoms with van der Waals surface area (Å²) in [5, 5.41) is 3.49. The predicted octanol–water partition coefficient (Wildman–Crippen LogP) is 4.39. The van der Waals surface area contributed by atoms with Gasteiger partial charge in [-0.25, -0.2) is 4.99 Å². The molecule has 0 saturated heterocycles. The smallest absolute Gasteiger partial charge is 0.193 e. The summed E-state index contributed by atoms with van der Waals surface area (Å²) in [5.41, 5.74) is 8.96. The van der Waals surface area contributed by atoms with Crippen LogP contribution in [0.4, 0.5) is 5.69 Å². The van der Waals surface area contributed by atoms with E-state index in [1.807, 2.05) is 32.0 Å². The van der Waals surface area contributed by atoms with Crippen LogP contribution in [0.15, 0.2) is 41.4 Å². The largest absolute Gasteiger partial charge is 0.495 e. The molecule has 7 heteroatoms. The van der Waals surface area contributed by atoms with Crippen molar-refractivity contribution in [2.75, 3.05) is 25.6 Å². The molecular weight excluding hydrogens is 453 g/mol. The van der Waals surface area contributed by atoms with Crippen LogP contribution in [0.5, 0.6) is 11.5 Å². The molecule has 2 aromatic rings. The molecule has 2 aromatic carbocycles. The molecule has 0 bridgehead atoms. The van der Waals surface area contributed by atoms with E-state index in [0.717, 1.165) is 11.4 Å². The average molecular weight is 476 g/mol. The zero-order chi connectivity index (χ0) is 17.5. The second kappa shape index (κ2) is 10.4. The standard InChI is InChI=1S/C18H22ClN3O2.HI/c1-12-8-13(2)10-15(9-12)24-7-6-21-18(20)22-14-4-5-17(23-3)16(19)11-14;/h4-5,8-11H,6-7H2,1-3H3,(H3,20,21,22);1H. The minimum Gasteiger partial charge on any atom is -0.495 e. The molecule has 136 valence electrons. The van der Waals surface area contributed by atoms with Gasteiger partial charge in [0.15, 0.2) is 5.96 Å². The van der Waals surface area contributed by atoms with Gasteiger partial charge in [0.05, 0.1) is 18.7 Å². The van der Waals surface area contributed by atoms with Crippen molar-refractivity contribution in [3.63, 3.8) is 0 Å². The van der Waals surface area contributed by atoms with Gasteiger partial charge in [0.1, 0.15) is 18.1 Å². The maximum absolute atomic E-state index is 6.07. The summed E-state index contributed by atoms with van der Waals surface area (Å²) in [4.78, 5) is 4.24. The monoisotopic (exact) mass is 475 g/mol. The van der Waals surface area contributed by atoms with Crippen molar-refractivity contribution in [3.05, 3.63) is 52.5 Å². The van der Waals surface area contributed by atoms with E-state index in [0.29, 0.717) is 29.9 Å². The summed E-state index contributed by atoms with van der Waals surface area (Å²) in [6, 6.07) is 11.4. The maximum Gasteiger partial charge on any atom is 0.193 e. The Morgan fingerprint density at radius 3 is 2.44 bits per heavy atom. The minimum absolute atomic E-state index is 0. The number of guanidine groups is 1. The van der Waals surface area contributed by atoms with E-state index in [1.54, 1.807) is 19.2 Å². The van der Waals surface area contributed by atoms with Crippen molar-refractivity contribution in [1.82, 2.24) is 0 Å². The van der Waals surface area contributed by atoms with Crippen LogP contribution in [0, 0.1) is 13.8 Å². The second-order valence-corrected chi connectivity index (χ2v) is 5.82. The Morgan fingerprint density at radius 2 is 1.84 bits per heavy atom. The highest BCUT2D eigenvalue weighted by molar-refractivity contribution is 14.0. The Kier molecular flexibility index (Phi) is 8.85. The molecular formula is C18H23ClIN3O2. The first-order valence-corrected chi connectivity index (χ1v) is 7.97. The van der Waals surface area contributed by atoms with Gasteiger partial charge in [-0.15, -0.1) is 24.0 Å². The molecule has 0 aliphatic rings. The van der Waals surface area contributed by atoms with Gasteiger partial charge in [0.2, 0.25) is 0 Å². The fraction of sp³-hybridized carbons (Fsp3) is 0.278. The lowest BCUT2D eigenvalue weighted by Crippen LogP contribution is -2.23. The quantitative estimate of drug-likeness (QED) is 0.281. The number of anilines is 1. The molecule has 0 aliphatic carbocycles. The van der Waals surface area contributed by atoms with Crippen molar-refractivity contribution in [1.29, 1.82) is 0 Å². The number of hydrogen-bond donors (Lipinski definition) is 2. The molecule has 2 rings (SSSR count). The zero-order valence-electron chi connectivity index (χ0n) is 14.5. The van der Waals surface area contributed by atoms with Crippen LogP contribution in [0.25, 0.3) is 0 Å². The molecule has 0 radical (unpaired) electrons. The molecule has 0 heterocycles. The van der Waals surface area contributed by atoms with E-state index in [4.69, 9.17) is 26.8 Å². The number of nitrogens with one attached hydrogen (secondary N) is 1. The Balaban J connectivity index is 0.00000312. The Labute approximate surface area is 170 Å². The van der Waals surface area contributed by atoms with E-state index in [2.05, 4.69) is 16.4 Å². The van der Waals surface area contributed by atoms with E-state index in [9.17, 15) is 0 Å². The van der Waals surface area contributed by atoms with Gasteiger partial charge >= 0.3 is 0 Å². The summed E-state index contributed by atoms with van der Waals surface area (Å²) >= 11 is 6.07. The predicted molar refractivity (Wildman–Crippen MR) is 115 cm³/mol. The molecule has 0 unspecified atom stereocenters. The van der Waals surface area contributed by atoms with Crippen LogP contribution < -0.4 is 20.5 Å². The van der Waals surface area contributed by atoms with Crippen molar-refractivity contribution in [3.8, 4) is 11.5 Å². The van der Waals surface area contributed by atoms with Crippen LogP contribution in [-0.2, 0) is 0 Å². The Morgan fingerprint density at radius 1 is 1.16 bits per heavy atom. The molecule has 0 fully saturated rings. The first kappa shape index (κ1) is 21.4. The number of aliphatic imine (C=N–C) groups is 1. The molecule has 0 atom stereocenters. The van der Waals surface area contributed by atoms with Gasteiger partial charge in [-0.3, -0.25) is 0 Å². The SMILES string of the molecule is COc1ccc(NC(N)=NCCOc2cc(C)cc(C)c2)cc1Cl.I. The average Bonchev–Trinajstić information content (AvgIpc) is 2.51. The fourth-order valence-electron chi connectivity index (χ4n) is 2.28. The molecule has 0 saturated carbocycles. The number of ether oxygens (including phenoxy) is 2. The van der Waals surface area contributed by atoms with Crippen LogP contribution in [0.1, 0.15) is 11.1 Å². The van der Waals surface area contributed by atoms with Crippen molar-refractivity contribution in [2.24, 2.45) is 10.7 Å². The minimum atomic E-state index is 0. The van der Waals surface area contributed by atoms with E-state index < -0.39 is 0 Å². The lowest BCUT2D eigenvalue weighted by Gasteiger charge is -2.09. The highest BCUT2D eigenvalue weighted by atomic mass is 127. The van der Waals surface area contributed by atoms with Gasteiger partial charge in [-0.2, -0.15) is 0 Å². The second-order valence-electron chi connectivity index (χ2n) is 5.41. The molecule has 0 spiro atoms. The van der Waals surface area contributed by atoms with E-state index >= 15 is 0 Å². The number of hydrogen-bond acceptors (Lipinski definition) is 3. The van der Waals surface area contributed by atoms with Crippen LogP contribution in [0.2, 0.25) is 5.02 Å². The summed E-state index contributed by atoms with van der Waals surface area (Å²) in [5.74, 6) is 1.76. The van der Waals surface area contributed by atoms with Gasteiger partial charge < -0.3 is 20.5 Å². The van der Waals surface area contributed by atoms with Crippen molar-refractivity contribution in [2.45, 2.75) is 13.8 Å². The number of benzene rings is 2. The number of rotatable bonds is 6. The van der Waals surface area contributed by atoms with Crippen LogP contribution >= 0.6 is 35.6 Å². The first-order valence-electron chi connectivity index (χ1n) is 7.59. The molecule has 5 nitrogen and oxygen atoms in total. The summed E-state index contributed by atoms with van der Waals surface area (Å²) in [6.07, 6.45) is 0. The Bertz CT molecular complexity index is 718. The maximum atomic E-state index is 6.07. The highest BCUT2D eigenvalue weighted by Crippen LogP contribution is 2.27.